The summed E-state index contributed by atoms with van der Waals surface area (Å²) in [7, 11) is 0. The second-order valence-corrected chi connectivity index (χ2v) is 5.98. The maximum Gasteiger partial charge on any atom is 0.293 e. The van der Waals surface area contributed by atoms with Crippen molar-refractivity contribution in [3.8, 4) is 0 Å². The Hall–Kier alpha value is -1.42. The summed E-state index contributed by atoms with van der Waals surface area (Å²) in [6, 6.07) is 6.14. The number of carbonyl (C=O) groups is 1. The van der Waals surface area contributed by atoms with Gasteiger partial charge >= 0.3 is 0 Å². The zero-order chi connectivity index (χ0) is 14.8. The summed E-state index contributed by atoms with van der Waals surface area (Å²) < 4.78 is 4.55. The van der Waals surface area contributed by atoms with Crippen LogP contribution in [-0.4, -0.2) is 35.0 Å². The van der Waals surface area contributed by atoms with E-state index in [2.05, 4.69) is 26.8 Å². The fourth-order valence-corrected chi connectivity index (χ4v) is 1.98. The van der Waals surface area contributed by atoms with Gasteiger partial charge in [0.15, 0.2) is 0 Å². The highest BCUT2D eigenvalue weighted by atomic mass is 16.5. The minimum absolute atomic E-state index is 0.318. The average Bonchev–Trinajstić information content (AvgIpc) is 2.40. The number of rotatable bonds is 3. The Morgan fingerprint density at radius 2 is 1.95 bits per heavy atom. The number of hydrogen-bond acceptors (Lipinski definition) is 4. The fourth-order valence-electron chi connectivity index (χ4n) is 1.98. The maximum atomic E-state index is 9.60. The number of hydrogen-bond donors (Lipinski definition) is 0. The molecular formula is C16H26N2O2. The van der Waals surface area contributed by atoms with Crippen molar-refractivity contribution < 1.29 is 9.53 Å². The Morgan fingerprint density at radius 1 is 1.25 bits per heavy atom. The molecule has 1 fully saturated rings. The van der Waals surface area contributed by atoms with E-state index in [1.165, 1.54) is 38.0 Å². The van der Waals surface area contributed by atoms with Gasteiger partial charge in [-0.3, -0.25) is 14.7 Å². The minimum atomic E-state index is -0.318. The molecule has 0 aliphatic carbocycles. The van der Waals surface area contributed by atoms with Crippen molar-refractivity contribution >= 4 is 6.47 Å². The van der Waals surface area contributed by atoms with Crippen LogP contribution in [0.5, 0.6) is 0 Å². The Kier molecular flexibility index (Phi) is 7.23. The second kappa shape index (κ2) is 8.69. The smallest absolute Gasteiger partial charge is 0.293 e. The van der Waals surface area contributed by atoms with Gasteiger partial charge in [-0.05, 0) is 58.8 Å². The molecule has 0 radical (unpaired) electrons. The molecule has 0 aromatic carbocycles. The van der Waals surface area contributed by atoms with Crippen molar-refractivity contribution in [2.24, 2.45) is 0 Å². The zero-order valence-corrected chi connectivity index (χ0v) is 12.8. The van der Waals surface area contributed by atoms with E-state index in [1.807, 2.05) is 33.0 Å². The van der Waals surface area contributed by atoms with Crippen LogP contribution in [-0.2, 0) is 16.1 Å². The number of likely N-dealkylation sites (tertiary alicyclic amines) is 1. The maximum absolute atomic E-state index is 9.60. The largest absolute Gasteiger partial charge is 0.462 e. The molecule has 20 heavy (non-hydrogen) atoms. The summed E-state index contributed by atoms with van der Waals surface area (Å²) in [5.74, 6) is 0. The van der Waals surface area contributed by atoms with Crippen molar-refractivity contribution in [2.75, 3.05) is 13.1 Å². The summed E-state index contributed by atoms with van der Waals surface area (Å²) in [5.41, 5.74) is 0.881. The highest BCUT2D eigenvalue weighted by molar-refractivity contribution is 5.37. The van der Waals surface area contributed by atoms with Crippen LogP contribution in [0.25, 0.3) is 0 Å². The van der Waals surface area contributed by atoms with Crippen LogP contribution in [0, 0.1) is 0 Å². The van der Waals surface area contributed by atoms with Gasteiger partial charge < -0.3 is 4.74 Å². The van der Waals surface area contributed by atoms with Crippen LogP contribution in [0.2, 0.25) is 0 Å². The average molecular weight is 278 g/mol. The van der Waals surface area contributed by atoms with Gasteiger partial charge in [0.05, 0.1) is 5.69 Å². The normalized spacial score (nSPS) is 15.9. The van der Waals surface area contributed by atoms with Crippen LogP contribution < -0.4 is 0 Å². The van der Waals surface area contributed by atoms with Gasteiger partial charge in [0.1, 0.15) is 5.60 Å². The molecular weight excluding hydrogens is 252 g/mol. The molecule has 1 aromatic rings. The molecule has 1 saturated heterocycles. The van der Waals surface area contributed by atoms with Crippen molar-refractivity contribution in [3.05, 3.63) is 30.1 Å². The lowest BCUT2D eigenvalue weighted by atomic mass is 10.1. The molecule has 1 aliphatic heterocycles. The van der Waals surface area contributed by atoms with E-state index in [0.29, 0.717) is 6.47 Å². The molecule has 0 amide bonds. The summed E-state index contributed by atoms with van der Waals surface area (Å²) in [6.45, 7) is 9.44. The predicted octanol–water partition coefficient (Wildman–Crippen LogP) is 3.03. The van der Waals surface area contributed by atoms with Gasteiger partial charge in [0.2, 0.25) is 0 Å². The third-order valence-corrected chi connectivity index (χ3v) is 2.96. The van der Waals surface area contributed by atoms with Crippen LogP contribution in [0.4, 0.5) is 0 Å². The summed E-state index contributed by atoms with van der Waals surface area (Å²) in [4.78, 5) is 16.4. The first-order valence-corrected chi connectivity index (χ1v) is 7.25. The fraction of sp³-hybridized carbons (Fsp3) is 0.625. The molecule has 0 spiro atoms. The Labute approximate surface area is 122 Å². The SMILES string of the molecule is CC(C)(C)OC=O.c1ccc(CN2CCCCC2)nc1. The molecule has 0 bridgehead atoms. The molecule has 112 valence electrons. The highest BCUT2D eigenvalue weighted by Gasteiger charge is 2.10. The van der Waals surface area contributed by atoms with Gasteiger partial charge in [-0.1, -0.05) is 12.5 Å². The Bertz CT molecular complexity index is 368. The Morgan fingerprint density at radius 3 is 2.40 bits per heavy atom. The summed E-state index contributed by atoms with van der Waals surface area (Å²) in [5, 5.41) is 0. The van der Waals surface area contributed by atoms with E-state index in [4.69, 9.17) is 0 Å². The van der Waals surface area contributed by atoms with Crippen LogP contribution in [0.1, 0.15) is 45.7 Å². The quantitative estimate of drug-likeness (QED) is 0.797. The monoisotopic (exact) mass is 278 g/mol. The molecule has 1 aliphatic rings. The first-order chi connectivity index (χ1) is 9.51. The number of aromatic nitrogens is 1. The zero-order valence-electron chi connectivity index (χ0n) is 12.8. The molecule has 0 saturated carbocycles. The molecule has 4 nitrogen and oxygen atoms in total. The van der Waals surface area contributed by atoms with Gasteiger partial charge in [-0.25, -0.2) is 0 Å². The van der Waals surface area contributed by atoms with E-state index >= 15 is 0 Å². The number of nitrogens with zero attached hydrogens (tertiary/aromatic N) is 2. The predicted molar refractivity (Wildman–Crippen MR) is 80.3 cm³/mol. The van der Waals surface area contributed by atoms with Crippen LogP contribution in [0.3, 0.4) is 0 Å². The van der Waals surface area contributed by atoms with Gasteiger partial charge in [-0.15, -0.1) is 0 Å². The summed E-state index contributed by atoms with van der Waals surface area (Å²) in [6.07, 6.45) is 5.98. The van der Waals surface area contributed by atoms with Gasteiger partial charge in [-0.2, -0.15) is 0 Å². The van der Waals surface area contributed by atoms with E-state index in [1.54, 1.807) is 0 Å². The second-order valence-electron chi connectivity index (χ2n) is 5.98. The molecule has 0 N–H and O–H groups in total. The Balaban J connectivity index is 0.000000246. The van der Waals surface area contributed by atoms with Crippen molar-refractivity contribution in [1.82, 2.24) is 9.88 Å². The van der Waals surface area contributed by atoms with Gasteiger partial charge in [0.25, 0.3) is 6.47 Å². The van der Waals surface area contributed by atoms with Crippen molar-refractivity contribution in [3.63, 3.8) is 0 Å². The standard InChI is InChI=1S/C11H16N2.C5H10O2/c1-4-8-13(9-5-1)10-11-6-2-3-7-12-11;1-5(2,3)7-4-6/h2-3,6-7H,1,4-5,8-10H2;4H,1-3H3. The van der Waals surface area contributed by atoms with E-state index < -0.39 is 0 Å². The number of ether oxygens (including phenoxy) is 1. The van der Waals surface area contributed by atoms with Crippen molar-refractivity contribution in [2.45, 2.75) is 52.2 Å². The highest BCUT2D eigenvalue weighted by Crippen LogP contribution is 2.11. The number of pyridine rings is 1. The lowest BCUT2D eigenvalue weighted by molar-refractivity contribution is -0.138. The molecule has 0 unspecified atom stereocenters. The van der Waals surface area contributed by atoms with Crippen molar-refractivity contribution in [1.29, 1.82) is 0 Å². The van der Waals surface area contributed by atoms with Gasteiger partial charge in [0, 0.05) is 12.7 Å². The molecule has 1 aromatic heterocycles. The molecule has 4 heteroatoms. The van der Waals surface area contributed by atoms with Crippen LogP contribution >= 0.6 is 0 Å². The lowest BCUT2D eigenvalue weighted by Crippen LogP contribution is -2.29. The lowest BCUT2D eigenvalue weighted by Gasteiger charge is -2.25. The number of piperidine rings is 1. The van der Waals surface area contributed by atoms with E-state index in [0.717, 1.165) is 6.54 Å². The first kappa shape index (κ1) is 16.6. The molecule has 2 rings (SSSR count). The first-order valence-electron chi connectivity index (χ1n) is 7.25. The van der Waals surface area contributed by atoms with E-state index in [9.17, 15) is 4.79 Å². The van der Waals surface area contributed by atoms with E-state index in [-0.39, 0.29) is 5.60 Å². The number of carbonyl (C=O) groups excluding carboxylic acids is 1. The topological polar surface area (TPSA) is 42.4 Å². The molecule has 0 atom stereocenters. The molecule has 2 heterocycles. The third-order valence-electron chi connectivity index (χ3n) is 2.96. The summed E-state index contributed by atoms with van der Waals surface area (Å²) >= 11 is 0. The van der Waals surface area contributed by atoms with Crippen LogP contribution in [0.15, 0.2) is 24.4 Å². The third kappa shape index (κ3) is 7.89. The minimum Gasteiger partial charge on any atom is -0.462 e.